The van der Waals surface area contributed by atoms with Gasteiger partial charge in [-0.25, -0.2) is 4.98 Å². The molecule has 158 valence electrons. The molecule has 31 heavy (non-hydrogen) atoms. The van der Waals surface area contributed by atoms with E-state index in [1.165, 1.54) is 17.3 Å². The average Bonchev–Trinajstić information content (AvgIpc) is 3.46. The minimum absolute atomic E-state index is 0.0997. The number of para-hydroxylation sites is 1. The number of aromatic nitrogens is 5. The first-order valence-corrected chi connectivity index (χ1v) is 11.2. The highest BCUT2D eigenvalue weighted by Crippen LogP contribution is 2.36. The van der Waals surface area contributed by atoms with Gasteiger partial charge in [-0.15, -0.1) is 10.2 Å². The fraction of sp³-hybridized carbons (Fsp3) is 0.273. The van der Waals surface area contributed by atoms with E-state index in [-0.39, 0.29) is 17.8 Å². The highest BCUT2D eigenvalue weighted by molar-refractivity contribution is 7.99. The summed E-state index contributed by atoms with van der Waals surface area (Å²) in [6.45, 7) is 4.65. The fourth-order valence-electron chi connectivity index (χ4n) is 3.81. The molecule has 0 radical (unpaired) electrons. The van der Waals surface area contributed by atoms with E-state index in [9.17, 15) is 4.79 Å². The highest BCUT2D eigenvalue weighted by Gasteiger charge is 2.29. The van der Waals surface area contributed by atoms with Gasteiger partial charge in [-0.3, -0.25) is 4.79 Å². The minimum Gasteiger partial charge on any atom is -0.482 e. The number of carbonyl (C=O) groups excluding carboxylic acids is 1. The summed E-state index contributed by atoms with van der Waals surface area (Å²) in [5, 5.41) is 12.3. The van der Waals surface area contributed by atoms with Crippen molar-refractivity contribution in [2.24, 2.45) is 0 Å². The van der Waals surface area contributed by atoms with Gasteiger partial charge in [-0.1, -0.05) is 30.0 Å². The zero-order valence-electron chi connectivity index (χ0n) is 17.3. The number of hydrogen-bond acceptors (Lipinski definition) is 6. The zero-order chi connectivity index (χ0) is 21.4. The Hall–Kier alpha value is -3.33. The Kier molecular flexibility index (Phi) is 5.11. The first-order chi connectivity index (χ1) is 15.1. The quantitative estimate of drug-likeness (QED) is 0.447. The zero-order valence-corrected chi connectivity index (χ0v) is 18.1. The number of fused-ring (bicyclic) bond motifs is 2. The lowest BCUT2D eigenvalue weighted by Gasteiger charge is -2.12. The predicted molar refractivity (Wildman–Crippen MR) is 119 cm³/mol. The SMILES string of the molecule is CCn1c(SCC(=O)Nc2ccc3nc(C)[nH]c3c2)nnc1C1Cc2ccccc2O1. The van der Waals surface area contributed by atoms with Gasteiger partial charge in [0.15, 0.2) is 17.1 Å². The van der Waals surface area contributed by atoms with Crippen LogP contribution in [0, 0.1) is 6.92 Å². The number of benzene rings is 2. The van der Waals surface area contributed by atoms with Crippen LogP contribution in [0.5, 0.6) is 5.75 Å². The lowest BCUT2D eigenvalue weighted by Crippen LogP contribution is -2.15. The number of nitrogens with one attached hydrogen (secondary N) is 2. The molecule has 4 aromatic rings. The molecule has 2 aromatic carbocycles. The number of rotatable bonds is 6. The van der Waals surface area contributed by atoms with Gasteiger partial charge in [0.05, 0.1) is 16.8 Å². The Labute approximate surface area is 183 Å². The number of anilines is 1. The molecule has 2 N–H and O–H groups in total. The second-order valence-electron chi connectivity index (χ2n) is 7.39. The molecule has 1 amide bonds. The van der Waals surface area contributed by atoms with Crippen molar-refractivity contribution >= 4 is 34.4 Å². The Balaban J connectivity index is 1.24. The van der Waals surface area contributed by atoms with Gasteiger partial charge < -0.3 is 19.6 Å². The van der Waals surface area contributed by atoms with Crippen LogP contribution >= 0.6 is 11.8 Å². The van der Waals surface area contributed by atoms with Crippen molar-refractivity contribution < 1.29 is 9.53 Å². The van der Waals surface area contributed by atoms with E-state index in [0.29, 0.717) is 11.7 Å². The van der Waals surface area contributed by atoms with E-state index in [1.54, 1.807) is 0 Å². The first-order valence-electron chi connectivity index (χ1n) is 10.2. The number of hydrogen-bond donors (Lipinski definition) is 2. The van der Waals surface area contributed by atoms with Crippen molar-refractivity contribution in [3.63, 3.8) is 0 Å². The van der Waals surface area contributed by atoms with E-state index in [0.717, 1.165) is 40.5 Å². The first kappa shape index (κ1) is 19.6. The maximum absolute atomic E-state index is 12.5. The van der Waals surface area contributed by atoms with Crippen molar-refractivity contribution in [3.8, 4) is 5.75 Å². The summed E-state index contributed by atoms with van der Waals surface area (Å²) in [6.07, 6.45) is 0.618. The fourth-order valence-corrected chi connectivity index (χ4v) is 4.62. The van der Waals surface area contributed by atoms with Gasteiger partial charge in [-0.2, -0.15) is 0 Å². The molecule has 1 atom stereocenters. The summed E-state index contributed by atoms with van der Waals surface area (Å²) in [7, 11) is 0. The third-order valence-corrected chi connectivity index (χ3v) is 6.18. The summed E-state index contributed by atoms with van der Waals surface area (Å²) in [4.78, 5) is 20.1. The Bertz CT molecular complexity index is 1240. The summed E-state index contributed by atoms with van der Waals surface area (Å²) in [5.41, 5.74) is 3.69. The Morgan fingerprint density at radius 2 is 2.16 bits per heavy atom. The van der Waals surface area contributed by atoms with Gasteiger partial charge in [0.25, 0.3) is 0 Å². The normalized spacial score (nSPS) is 15.1. The Morgan fingerprint density at radius 1 is 1.29 bits per heavy atom. The van der Waals surface area contributed by atoms with Crippen LogP contribution in [0.25, 0.3) is 11.0 Å². The van der Waals surface area contributed by atoms with Crippen LogP contribution in [0.1, 0.15) is 30.2 Å². The molecule has 8 nitrogen and oxygen atoms in total. The van der Waals surface area contributed by atoms with Crippen LogP contribution in [0.4, 0.5) is 5.69 Å². The molecule has 0 saturated carbocycles. The molecule has 1 aliphatic heterocycles. The van der Waals surface area contributed by atoms with E-state index in [1.807, 2.05) is 54.8 Å². The van der Waals surface area contributed by atoms with Crippen LogP contribution in [0.2, 0.25) is 0 Å². The molecule has 3 heterocycles. The summed E-state index contributed by atoms with van der Waals surface area (Å²) < 4.78 is 8.09. The Morgan fingerprint density at radius 3 is 3.00 bits per heavy atom. The van der Waals surface area contributed by atoms with Crippen molar-refractivity contribution in [2.75, 3.05) is 11.1 Å². The van der Waals surface area contributed by atoms with Crippen LogP contribution in [0.3, 0.4) is 0 Å². The van der Waals surface area contributed by atoms with E-state index < -0.39 is 0 Å². The number of carbonyl (C=O) groups is 1. The number of thioether (sulfide) groups is 1. The van der Waals surface area contributed by atoms with E-state index >= 15 is 0 Å². The summed E-state index contributed by atoms with van der Waals surface area (Å²) >= 11 is 1.37. The number of H-pyrrole nitrogens is 1. The second kappa shape index (κ2) is 8.07. The number of aryl methyl sites for hydroxylation is 1. The third-order valence-electron chi connectivity index (χ3n) is 5.21. The molecular formula is C22H22N6O2S. The summed E-state index contributed by atoms with van der Waals surface area (Å²) in [5.74, 6) is 2.68. The molecule has 0 saturated heterocycles. The van der Waals surface area contributed by atoms with Crippen molar-refractivity contribution in [2.45, 2.75) is 38.1 Å². The number of imidazole rings is 1. The molecule has 0 bridgehead atoms. The number of nitrogens with zero attached hydrogens (tertiary/aromatic N) is 4. The van der Waals surface area contributed by atoms with E-state index in [4.69, 9.17) is 4.74 Å². The topological polar surface area (TPSA) is 97.7 Å². The van der Waals surface area contributed by atoms with Crippen molar-refractivity contribution in [1.29, 1.82) is 0 Å². The lowest BCUT2D eigenvalue weighted by molar-refractivity contribution is -0.113. The smallest absolute Gasteiger partial charge is 0.234 e. The third kappa shape index (κ3) is 3.88. The highest BCUT2D eigenvalue weighted by atomic mass is 32.2. The maximum Gasteiger partial charge on any atom is 0.234 e. The molecule has 1 unspecified atom stereocenters. The van der Waals surface area contributed by atoms with Crippen LogP contribution < -0.4 is 10.1 Å². The molecule has 0 aliphatic carbocycles. The minimum atomic E-state index is -0.155. The summed E-state index contributed by atoms with van der Waals surface area (Å²) in [6, 6.07) is 13.7. The molecular weight excluding hydrogens is 412 g/mol. The number of ether oxygens (including phenoxy) is 1. The molecule has 1 aliphatic rings. The van der Waals surface area contributed by atoms with Crippen LogP contribution in [-0.2, 0) is 17.8 Å². The van der Waals surface area contributed by atoms with Crippen molar-refractivity contribution in [1.82, 2.24) is 24.7 Å². The molecule has 0 fully saturated rings. The van der Waals surface area contributed by atoms with Gasteiger partial charge in [0.1, 0.15) is 11.6 Å². The van der Waals surface area contributed by atoms with Gasteiger partial charge in [-0.05, 0) is 43.7 Å². The lowest BCUT2D eigenvalue weighted by atomic mass is 10.1. The van der Waals surface area contributed by atoms with Crippen LogP contribution in [0.15, 0.2) is 47.6 Å². The average molecular weight is 435 g/mol. The van der Waals surface area contributed by atoms with E-state index in [2.05, 4.69) is 31.5 Å². The standard InChI is InChI=1S/C22H22N6O2S/c1-3-28-21(19-10-14-6-4-5-7-18(14)30-19)26-27-22(28)31-12-20(29)25-15-8-9-16-17(11-15)24-13(2)23-16/h4-9,11,19H,3,10,12H2,1-2H3,(H,23,24)(H,25,29). The van der Waals surface area contributed by atoms with Gasteiger partial charge >= 0.3 is 0 Å². The predicted octanol–water partition coefficient (Wildman–Crippen LogP) is 3.89. The number of aromatic amines is 1. The maximum atomic E-state index is 12.5. The van der Waals surface area contributed by atoms with Gasteiger partial charge in [0, 0.05) is 18.7 Å². The molecule has 0 spiro atoms. The largest absolute Gasteiger partial charge is 0.482 e. The molecule has 5 rings (SSSR count). The molecule has 9 heteroatoms. The van der Waals surface area contributed by atoms with Crippen molar-refractivity contribution in [3.05, 3.63) is 59.7 Å². The number of amides is 1. The second-order valence-corrected chi connectivity index (χ2v) is 8.34. The van der Waals surface area contributed by atoms with Gasteiger partial charge in [0.2, 0.25) is 5.91 Å². The van der Waals surface area contributed by atoms with Crippen LogP contribution in [-0.4, -0.2) is 36.4 Å². The molecule has 2 aromatic heterocycles. The monoisotopic (exact) mass is 434 g/mol.